The van der Waals surface area contributed by atoms with Crippen molar-refractivity contribution in [3.8, 4) is 0 Å². The number of anilines is 1. The Kier molecular flexibility index (Phi) is 5.76. The van der Waals surface area contributed by atoms with Gasteiger partial charge in [-0.1, -0.05) is 18.7 Å². The lowest BCUT2D eigenvalue weighted by molar-refractivity contribution is 0.244. The lowest BCUT2D eigenvalue weighted by Gasteiger charge is -2.17. The SMILES string of the molecule is C=COCCCNCc1ccc(N2CCCC2)cc1. The minimum atomic E-state index is 0.740. The Morgan fingerprint density at radius 2 is 1.95 bits per heavy atom. The average Bonchev–Trinajstić information content (AvgIpc) is 2.97. The maximum Gasteiger partial charge on any atom is 0.0885 e. The molecule has 19 heavy (non-hydrogen) atoms. The Morgan fingerprint density at radius 3 is 2.63 bits per heavy atom. The smallest absolute Gasteiger partial charge is 0.0885 e. The molecule has 1 aromatic rings. The van der Waals surface area contributed by atoms with Crippen molar-refractivity contribution in [2.24, 2.45) is 0 Å². The summed E-state index contributed by atoms with van der Waals surface area (Å²) in [6.07, 6.45) is 5.17. The normalized spacial score (nSPS) is 14.6. The van der Waals surface area contributed by atoms with Crippen LogP contribution in [0.2, 0.25) is 0 Å². The number of nitrogens with zero attached hydrogens (tertiary/aromatic N) is 1. The van der Waals surface area contributed by atoms with Crippen molar-refractivity contribution < 1.29 is 4.74 Å². The van der Waals surface area contributed by atoms with Crippen LogP contribution in [0.4, 0.5) is 5.69 Å². The van der Waals surface area contributed by atoms with Crippen LogP contribution in [0, 0.1) is 0 Å². The molecule has 1 aliphatic rings. The van der Waals surface area contributed by atoms with E-state index in [0.717, 1.165) is 26.1 Å². The summed E-state index contributed by atoms with van der Waals surface area (Å²) in [6, 6.07) is 8.92. The van der Waals surface area contributed by atoms with Gasteiger partial charge in [-0.25, -0.2) is 0 Å². The summed E-state index contributed by atoms with van der Waals surface area (Å²) in [6.45, 7) is 8.58. The molecule has 0 aliphatic carbocycles. The third-order valence-electron chi connectivity index (χ3n) is 3.47. The number of ether oxygens (including phenoxy) is 1. The zero-order valence-electron chi connectivity index (χ0n) is 11.6. The fourth-order valence-corrected chi connectivity index (χ4v) is 2.40. The van der Waals surface area contributed by atoms with Gasteiger partial charge in [0.25, 0.3) is 0 Å². The van der Waals surface area contributed by atoms with Gasteiger partial charge in [-0.05, 0) is 43.5 Å². The third kappa shape index (κ3) is 4.60. The first kappa shape index (κ1) is 13.9. The van der Waals surface area contributed by atoms with Crippen LogP contribution in [-0.4, -0.2) is 26.2 Å². The standard InChI is InChI=1S/C16H24N2O/c1-2-19-13-5-10-17-14-15-6-8-16(9-7-15)18-11-3-4-12-18/h2,6-9,17H,1,3-5,10-14H2. The zero-order chi connectivity index (χ0) is 13.3. The molecule has 0 amide bonds. The second kappa shape index (κ2) is 7.85. The Labute approximate surface area is 116 Å². The summed E-state index contributed by atoms with van der Waals surface area (Å²) in [4.78, 5) is 2.46. The fraction of sp³-hybridized carbons (Fsp3) is 0.500. The molecule has 1 heterocycles. The van der Waals surface area contributed by atoms with Crippen molar-refractivity contribution in [3.05, 3.63) is 42.7 Å². The molecule has 1 aromatic carbocycles. The van der Waals surface area contributed by atoms with Gasteiger partial charge in [-0.15, -0.1) is 0 Å². The molecule has 1 aliphatic heterocycles. The zero-order valence-corrected chi connectivity index (χ0v) is 11.6. The van der Waals surface area contributed by atoms with E-state index in [9.17, 15) is 0 Å². The molecule has 1 saturated heterocycles. The molecule has 0 bridgehead atoms. The van der Waals surface area contributed by atoms with Crippen LogP contribution in [-0.2, 0) is 11.3 Å². The summed E-state index contributed by atoms with van der Waals surface area (Å²) in [5, 5.41) is 3.42. The van der Waals surface area contributed by atoms with E-state index in [1.165, 1.54) is 43.4 Å². The molecule has 0 radical (unpaired) electrons. The van der Waals surface area contributed by atoms with Crippen LogP contribution in [0.15, 0.2) is 37.1 Å². The van der Waals surface area contributed by atoms with Crippen molar-refractivity contribution in [2.75, 3.05) is 31.1 Å². The van der Waals surface area contributed by atoms with Crippen LogP contribution >= 0.6 is 0 Å². The molecule has 2 rings (SSSR count). The summed E-state index contributed by atoms with van der Waals surface area (Å²) < 4.78 is 5.08. The molecule has 0 aromatic heterocycles. The van der Waals surface area contributed by atoms with Gasteiger partial charge in [0.05, 0.1) is 12.9 Å². The van der Waals surface area contributed by atoms with E-state index in [2.05, 4.69) is 41.1 Å². The van der Waals surface area contributed by atoms with Crippen molar-refractivity contribution in [1.82, 2.24) is 5.32 Å². The first-order valence-corrected chi connectivity index (χ1v) is 7.17. The van der Waals surface area contributed by atoms with Crippen LogP contribution in [0.3, 0.4) is 0 Å². The predicted octanol–water partition coefficient (Wildman–Crippen LogP) is 2.93. The lowest BCUT2D eigenvalue weighted by atomic mass is 10.2. The highest BCUT2D eigenvalue weighted by Crippen LogP contribution is 2.20. The Bertz CT molecular complexity index is 369. The van der Waals surface area contributed by atoms with Gasteiger partial charge in [0.2, 0.25) is 0 Å². The minimum absolute atomic E-state index is 0.740. The monoisotopic (exact) mass is 260 g/mol. The molecule has 0 saturated carbocycles. The number of hydrogen-bond acceptors (Lipinski definition) is 3. The van der Waals surface area contributed by atoms with Gasteiger partial charge in [0.1, 0.15) is 0 Å². The molecular formula is C16H24N2O. The summed E-state index contributed by atoms with van der Waals surface area (Å²) in [7, 11) is 0. The van der Waals surface area contributed by atoms with Gasteiger partial charge < -0.3 is 15.0 Å². The van der Waals surface area contributed by atoms with E-state index in [4.69, 9.17) is 4.74 Å². The predicted molar refractivity (Wildman–Crippen MR) is 80.4 cm³/mol. The summed E-state index contributed by atoms with van der Waals surface area (Å²) >= 11 is 0. The molecule has 0 spiro atoms. The van der Waals surface area contributed by atoms with Gasteiger partial charge in [-0.3, -0.25) is 0 Å². The Hall–Kier alpha value is -1.48. The highest BCUT2D eigenvalue weighted by Gasteiger charge is 2.11. The highest BCUT2D eigenvalue weighted by atomic mass is 16.5. The van der Waals surface area contributed by atoms with Gasteiger partial charge in [0, 0.05) is 25.3 Å². The first-order valence-electron chi connectivity index (χ1n) is 7.17. The molecule has 1 fully saturated rings. The van der Waals surface area contributed by atoms with Crippen molar-refractivity contribution in [3.63, 3.8) is 0 Å². The van der Waals surface area contributed by atoms with Crippen LogP contribution in [0.5, 0.6) is 0 Å². The van der Waals surface area contributed by atoms with Crippen LogP contribution < -0.4 is 10.2 Å². The van der Waals surface area contributed by atoms with Gasteiger partial charge >= 0.3 is 0 Å². The van der Waals surface area contributed by atoms with Crippen molar-refractivity contribution in [2.45, 2.75) is 25.8 Å². The van der Waals surface area contributed by atoms with E-state index in [1.807, 2.05) is 0 Å². The van der Waals surface area contributed by atoms with E-state index >= 15 is 0 Å². The van der Waals surface area contributed by atoms with Crippen LogP contribution in [0.1, 0.15) is 24.8 Å². The average molecular weight is 260 g/mol. The number of benzene rings is 1. The second-order valence-corrected chi connectivity index (χ2v) is 4.93. The maximum absolute atomic E-state index is 5.08. The van der Waals surface area contributed by atoms with E-state index < -0.39 is 0 Å². The third-order valence-corrected chi connectivity index (χ3v) is 3.47. The van der Waals surface area contributed by atoms with Crippen LogP contribution in [0.25, 0.3) is 0 Å². The van der Waals surface area contributed by atoms with E-state index in [-0.39, 0.29) is 0 Å². The highest BCUT2D eigenvalue weighted by molar-refractivity contribution is 5.48. The minimum Gasteiger partial charge on any atom is -0.502 e. The van der Waals surface area contributed by atoms with E-state index in [1.54, 1.807) is 0 Å². The molecule has 3 nitrogen and oxygen atoms in total. The molecule has 0 atom stereocenters. The molecule has 3 heteroatoms. The molecule has 104 valence electrons. The summed E-state index contributed by atoms with van der Waals surface area (Å²) in [5.74, 6) is 0. The molecule has 1 N–H and O–H groups in total. The number of nitrogens with one attached hydrogen (secondary N) is 1. The maximum atomic E-state index is 5.08. The van der Waals surface area contributed by atoms with Gasteiger partial charge in [-0.2, -0.15) is 0 Å². The number of hydrogen-bond donors (Lipinski definition) is 1. The largest absolute Gasteiger partial charge is 0.502 e. The topological polar surface area (TPSA) is 24.5 Å². The summed E-state index contributed by atoms with van der Waals surface area (Å²) in [5.41, 5.74) is 2.70. The molecule has 0 unspecified atom stereocenters. The Morgan fingerprint density at radius 1 is 1.21 bits per heavy atom. The van der Waals surface area contributed by atoms with Gasteiger partial charge in [0.15, 0.2) is 0 Å². The fourth-order valence-electron chi connectivity index (χ4n) is 2.40. The molecular weight excluding hydrogens is 236 g/mol. The Balaban J connectivity index is 1.68. The lowest BCUT2D eigenvalue weighted by Crippen LogP contribution is -2.18. The first-order chi connectivity index (χ1) is 9.40. The second-order valence-electron chi connectivity index (χ2n) is 4.93. The van der Waals surface area contributed by atoms with E-state index in [0.29, 0.717) is 0 Å². The van der Waals surface area contributed by atoms with Crippen molar-refractivity contribution in [1.29, 1.82) is 0 Å². The van der Waals surface area contributed by atoms with Crippen molar-refractivity contribution >= 4 is 5.69 Å². The number of rotatable bonds is 8. The quantitative estimate of drug-likeness (QED) is 0.574.